The molecule has 0 bridgehead atoms. The Morgan fingerprint density at radius 3 is 2.88 bits per heavy atom. The summed E-state index contributed by atoms with van der Waals surface area (Å²) >= 11 is 8.97. The van der Waals surface area contributed by atoms with Crippen molar-refractivity contribution < 1.29 is 9.13 Å². The number of hydrogen-bond acceptors (Lipinski definition) is 2. The second kappa shape index (κ2) is 5.47. The van der Waals surface area contributed by atoms with Crippen LogP contribution in [0.3, 0.4) is 0 Å². The molecule has 0 fully saturated rings. The van der Waals surface area contributed by atoms with Crippen molar-refractivity contribution >= 4 is 27.5 Å². The molecule has 2 aromatic rings. The van der Waals surface area contributed by atoms with E-state index >= 15 is 0 Å². The molecule has 0 unspecified atom stereocenters. The summed E-state index contributed by atoms with van der Waals surface area (Å²) in [5.74, 6) is 0.611. The standard InChI is InChI=1S/C12H8BrClFNO/c13-8-4-9(7-16-6-8)17-12-3-1-2-11(15)10(12)5-14/h1-4,6-7H,5H2. The average Bonchev–Trinajstić information content (AvgIpc) is 2.29. The van der Waals surface area contributed by atoms with E-state index in [2.05, 4.69) is 20.9 Å². The van der Waals surface area contributed by atoms with Crippen LogP contribution in [0, 0.1) is 5.82 Å². The number of nitrogens with zero attached hydrogens (tertiary/aromatic N) is 1. The van der Waals surface area contributed by atoms with Crippen LogP contribution >= 0.6 is 27.5 Å². The van der Waals surface area contributed by atoms with Crippen LogP contribution in [0.1, 0.15) is 5.56 Å². The third kappa shape index (κ3) is 2.96. The van der Waals surface area contributed by atoms with Crippen molar-refractivity contribution in [3.63, 3.8) is 0 Å². The Balaban J connectivity index is 2.33. The van der Waals surface area contributed by atoms with Gasteiger partial charge in [-0.25, -0.2) is 4.39 Å². The van der Waals surface area contributed by atoms with Crippen LogP contribution in [-0.4, -0.2) is 4.98 Å². The molecule has 2 rings (SSSR count). The van der Waals surface area contributed by atoms with Crippen molar-refractivity contribution in [2.75, 3.05) is 0 Å². The Morgan fingerprint density at radius 1 is 1.35 bits per heavy atom. The summed E-state index contributed by atoms with van der Waals surface area (Å²) in [5, 5.41) is 0. The summed E-state index contributed by atoms with van der Waals surface area (Å²) in [4.78, 5) is 3.96. The first-order chi connectivity index (χ1) is 8.20. The summed E-state index contributed by atoms with van der Waals surface area (Å²) in [7, 11) is 0. The molecular formula is C12H8BrClFNO. The predicted octanol–water partition coefficient (Wildman–Crippen LogP) is 4.51. The molecular weight excluding hydrogens is 308 g/mol. The second-order valence-corrected chi connectivity index (χ2v) is 4.47. The Morgan fingerprint density at radius 2 is 2.18 bits per heavy atom. The topological polar surface area (TPSA) is 22.1 Å². The summed E-state index contributed by atoms with van der Waals surface area (Å²) in [6.07, 6.45) is 3.19. The maximum absolute atomic E-state index is 13.4. The summed E-state index contributed by atoms with van der Waals surface area (Å²) < 4.78 is 19.8. The van der Waals surface area contributed by atoms with Gasteiger partial charge in [0.15, 0.2) is 0 Å². The van der Waals surface area contributed by atoms with E-state index in [1.54, 1.807) is 30.6 Å². The van der Waals surface area contributed by atoms with E-state index in [0.29, 0.717) is 17.1 Å². The van der Waals surface area contributed by atoms with Gasteiger partial charge in [0.1, 0.15) is 17.3 Å². The van der Waals surface area contributed by atoms with Crippen LogP contribution in [0.25, 0.3) is 0 Å². The monoisotopic (exact) mass is 315 g/mol. The molecule has 1 heterocycles. The van der Waals surface area contributed by atoms with Gasteiger partial charge in [0.05, 0.1) is 12.1 Å². The number of alkyl halides is 1. The molecule has 0 radical (unpaired) electrons. The summed E-state index contributed by atoms with van der Waals surface area (Å²) in [6.45, 7) is 0. The largest absolute Gasteiger partial charge is 0.455 e. The van der Waals surface area contributed by atoms with E-state index in [1.165, 1.54) is 6.07 Å². The number of halogens is 3. The second-order valence-electron chi connectivity index (χ2n) is 3.29. The smallest absolute Gasteiger partial charge is 0.146 e. The predicted molar refractivity (Wildman–Crippen MR) is 68.0 cm³/mol. The molecule has 0 aliphatic heterocycles. The molecule has 1 aromatic heterocycles. The molecule has 1 aromatic carbocycles. The highest BCUT2D eigenvalue weighted by atomic mass is 79.9. The molecule has 0 spiro atoms. The average molecular weight is 317 g/mol. The van der Waals surface area contributed by atoms with E-state index < -0.39 is 0 Å². The molecule has 0 saturated carbocycles. The van der Waals surface area contributed by atoms with Crippen molar-refractivity contribution in [1.29, 1.82) is 0 Å². The molecule has 0 aliphatic rings. The van der Waals surface area contributed by atoms with Gasteiger partial charge in [0, 0.05) is 16.2 Å². The number of benzene rings is 1. The minimum atomic E-state index is -0.375. The van der Waals surface area contributed by atoms with Crippen LogP contribution in [0.15, 0.2) is 41.1 Å². The normalized spacial score (nSPS) is 10.3. The third-order valence-corrected chi connectivity index (χ3v) is 2.82. The lowest BCUT2D eigenvalue weighted by molar-refractivity contribution is 0.468. The Bertz CT molecular complexity index is 536. The van der Waals surface area contributed by atoms with Gasteiger partial charge in [-0.05, 0) is 34.1 Å². The van der Waals surface area contributed by atoms with Crippen LogP contribution in [0.5, 0.6) is 11.5 Å². The number of pyridine rings is 1. The lowest BCUT2D eigenvalue weighted by Crippen LogP contribution is -1.93. The van der Waals surface area contributed by atoms with E-state index in [1.807, 2.05) is 0 Å². The zero-order valence-corrected chi connectivity index (χ0v) is 11.0. The molecule has 0 saturated heterocycles. The molecule has 0 N–H and O–H groups in total. The first-order valence-corrected chi connectivity index (χ1v) is 6.15. The molecule has 0 atom stereocenters. The number of ether oxygens (including phenoxy) is 1. The SMILES string of the molecule is Fc1cccc(Oc2cncc(Br)c2)c1CCl. The van der Waals surface area contributed by atoms with Crippen molar-refractivity contribution in [3.8, 4) is 11.5 Å². The fourth-order valence-electron chi connectivity index (χ4n) is 1.34. The van der Waals surface area contributed by atoms with Gasteiger partial charge in [0.2, 0.25) is 0 Å². The fraction of sp³-hybridized carbons (Fsp3) is 0.0833. The van der Waals surface area contributed by atoms with E-state index in [9.17, 15) is 4.39 Å². The van der Waals surface area contributed by atoms with Crippen LogP contribution in [0.2, 0.25) is 0 Å². The summed E-state index contributed by atoms with van der Waals surface area (Å²) in [6, 6.07) is 6.34. The molecule has 0 amide bonds. The Labute approximate surface area is 112 Å². The van der Waals surface area contributed by atoms with Gasteiger partial charge in [-0.3, -0.25) is 4.98 Å². The number of rotatable bonds is 3. The van der Waals surface area contributed by atoms with E-state index in [-0.39, 0.29) is 11.7 Å². The molecule has 5 heteroatoms. The van der Waals surface area contributed by atoms with Crippen molar-refractivity contribution in [2.45, 2.75) is 5.88 Å². The van der Waals surface area contributed by atoms with E-state index in [0.717, 1.165) is 4.47 Å². The van der Waals surface area contributed by atoms with Gasteiger partial charge in [-0.2, -0.15) is 0 Å². The minimum absolute atomic E-state index is 0.0590. The van der Waals surface area contributed by atoms with Crippen LogP contribution in [-0.2, 0) is 5.88 Å². The summed E-state index contributed by atoms with van der Waals surface area (Å²) in [5.41, 5.74) is 0.342. The van der Waals surface area contributed by atoms with E-state index in [4.69, 9.17) is 16.3 Å². The lowest BCUT2D eigenvalue weighted by Gasteiger charge is -2.09. The maximum Gasteiger partial charge on any atom is 0.146 e. The van der Waals surface area contributed by atoms with Crippen LogP contribution in [0.4, 0.5) is 4.39 Å². The van der Waals surface area contributed by atoms with Gasteiger partial charge in [-0.1, -0.05) is 6.07 Å². The number of aromatic nitrogens is 1. The van der Waals surface area contributed by atoms with Crippen LogP contribution < -0.4 is 4.74 Å². The zero-order valence-electron chi connectivity index (χ0n) is 8.66. The van der Waals surface area contributed by atoms with Crippen molar-refractivity contribution in [1.82, 2.24) is 4.98 Å². The first kappa shape index (κ1) is 12.3. The quantitative estimate of drug-likeness (QED) is 0.777. The van der Waals surface area contributed by atoms with Crippen molar-refractivity contribution in [2.24, 2.45) is 0 Å². The third-order valence-electron chi connectivity index (χ3n) is 2.12. The fourth-order valence-corrected chi connectivity index (χ4v) is 1.94. The zero-order chi connectivity index (χ0) is 12.3. The highest BCUT2D eigenvalue weighted by Crippen LogP contribution is 2.29. The minimum Gasteiger partial charge on any atom is -0.455 e. The maximum atomic E-state index is 13.4. The van der Waals surface area contributed by atoms with Gasteiger partial charge in [-0.15, -0.1) is 11.6 Å². The lowest BCUT2D eigenvalue weighted by atomic mass is 10.2. The molecule has 17 heavy (non-hydrogen) atoms. The van der Waals surface area contributed by atoms with Crippen molar-refractivity contribution in [3.05, 3.63) is 52.5 Å². The molecule has 2 nitrogen and oxygen atoms in total. The Kier molecular flexibility index (Phi) is 3.97. The van der Waals surface area contributed by atoms with Gasteiger partial charge >= 0.3 is 0 Å². The highest BCUT2D eigenvalue weighted by Gasteiger charge is 2.09. The molecule has 88 valence electrons. The van der Waals surface area contributed by atoms with Gasteiger partial charge < -0.3 is 4.74 Å². The Hall–Kier alpha value is -1.13. The van der Waals surface area contributed by atoms with Gasteiger partial charge in [0.25, 0.3) is 0 Å². The first-order valence-electron chi connectivity index (χ1n) is 4.82. The highest BCUT2D eigenvalue weighted by molar-refractivity contribution is 9.10. The number of hydrogen-bond donors (Lipinski definition) is 0. The molecule has 0 aliphatic carbocycles.